The van der Waals surface area contributed by atoms with Gasteiger partial charge in [0.2, 0.25) is 0 Å². The molecule has 0 radical (unpaired) electrons. The van der Waals surface area contributed by atoms with Crippen LogP contribution in [0.25, 0.3) is 0 Å². The minimum Gasteiger partial charge on any atom is -0.326 e. The molecule has 0 aliphatic carbocycles. The zero-order valence-electron chi connectivity index (χ0n) is 5.58. The Morgan fingerprint density at radius 1 is 1.30 bits per heavy atom. The molecule has 0 amide bonds. The smallest absolute Gasteiger partial charge is 0.0178 e. The minimum absolute atomic E-state index is 0.595. The maximum atomic E-state index is 5.41. The molecule has 0 saturated heterocycles. The summed E-state index contributed by atoms with van der Waals surface area (Å²) in [6.07, 6.45) is 0. The molecule has 1 rings (SSSR count). The summed E-state index contributed by atoms with van der Waals surface area (Å²) in [6, 6.07) is 7.90. The van der Waals surface area contributed by atoms with Crippen molar-refractivity contribution in [2.75, 3.05) is 0 Å². The lowest BCUT2D eigenvalue weighted by Gasteiger charge is -1.94. The van der Waals surface area contributed by atoms with Gasteiger partial charge < -0.3 is 5.73 Å². The fourth-order valence-corrected chi connectivity index (χ4v) is 0.889. The van der Waals surface area contributed by atoms with E-state index in [9.17, 15) is 0 Å². The molecular formula is C8H9NS. The molecule has 1 aromatic rings. The van der Waals surface area contributed by atoms with Crippen LogP contribution in [0, 0.1) is 0 Å². The van der Waals surface area contributed by atoms with E-state index in [4.69, 9.17) is 18.0 Å². The van der Waals surface area contributed by atoms with Crippen LogP contribution in [0.1, 0.15) is 11.1 Å². The third-order valence-corrected chi connectivity index (χ3v) is 1.62. The minimum atomic E-state index is 0.595. The van der Waals surface area contributed by atoms with E-state index in [1.807, 2.05) is 24.3 Å². The SMILES string of the molecule is NCc1ccc(C=S)cc1. The van der Waals surface area contributed by atoms with Gasteiger partial charge in [-0.2, -0.15) is 0 Å². The Kier molecular flexibility index (Phi) is 2.54. The number of hydrogen-bond acceptors (Lipinski definition) is 2. The normalized spacial score (nSPS) is 9.30. The molecule has 10 heavy (non-hydrogen) atoms. The molecule has 0 atom stereocenters. The van der Waals surface area contributed by atoms with Crippen molar-refractivity contribution < 1.29 is 0 Å². The highest BCUT2D eigenvalue weighted by Gasteiger charge is 1.87. The molecule has 0 aromatic heterocycles. The molecule has 0 spiro atoms. The third kappa shape index (κ3) is 1.62. The van der Waals surface area contributed by atoms with Crippen molar-refractivity contribution in [2.45, 2.75) is 6.54 Å². The second kappa shape index (κ2) is 3.44. The summed E-state index contributed by atoms with van der Waals surface area (Å²) in [6.45, 7) is 0.595. The van der Waals surface area contributed by atoms with Crippen LogP contribution in [0.3, 0.4) is 0 Å². The van der Waals surface area contributed by atoms with Gasteiger partial charge in [-0.15, -0.1) is 0 Å². The second-order valence-electron chi connectivity index (χ2n) is 2.06. The molecule has 0 aliphatic rings. The lowest BCUT2D eigenvalue weighted by molar-refractivity contribution is 1.07. The first-order valence-corrected chi connectivity index (χ1v) is 3.58. The van der Waals surface area contributed by atoms with E-state index >= 15 is 0 Å². The molecule has 0 fully saturated rings. The Labute approximate surface area is 65.9 Å². The topological polar surface area (TPSA) is 26.0 Å². The van der Waals surface area contributed by atoms with Crippen molar-refractivity contribution >= 4 is 17.6 Å². The van der Waals surface area contributed by atoms with Gasteiger partial charge >= 0.3 is 0 Å². The van der Waals surface area contributed by atoms with Gasteiger partial charge in [0.05, 0.1) is 0 Å². The first-order valence-electron chi connectivity index (χ1n) is 3.11. The molecule has 0 saturated carbocycles. The lowest BCUT2D eigenvalue weighted by Crippen LogP contribution is -1.95. The van der Waals surface area contributed by atoms with E-state index < -0.39 is 0 Å². The lowest BCUT2D eigenvalue weighted by atomic mass is 10.2. The number of nitrogens with two attached hydrogens (primary N) is 1. The number of hydrogen-bond donors (Lipinski definition) is 1. The standard InChI is InChI=1S/C8H9NS/c9-5-7-1-3-8(6-10)4-2-7/h1-4,6H,5,9H2. The van der Waals surface area contributed by atoms with Gasteiger partial charge in [-0.25, -0.2) is 0 Å². The summed E-state index contributed by atoms with van der Waals surface area (Å²) in [7, 11) is 0. The molecule has 2 heteroatoms. The maximum Gasteiger partial charge on any atom is 0.0178 e. The van der Waals surface area contributed by atoms with Gasteiger partial charge in [0, 0.05) is 11.9 Å². The largest absolute Gasteiger partial charge is 0.326 e. The number of benzene rings is 1. The Morgan fingerprint density at radius 2 is 1.90 bits per heavy atom. The zero-order chi connectivity index (χ0) is 7.40. The van der Waals surface area contributed by atoms with Crippen LogP contribution in [0.4, 0.5) is 0 Å². The third-order valence-electron chi connectivity index (χ3n) is 1.35. The first-order chi connectivity index (χ1) is 4.86. The van der Waals surface area contributed by atoms with Crippen molar-refractivity contribution in [3.05, 3.63) is 35.4 Å². The van der Waals surface area contributed by atoms with E-state index in [0.717, 1.165) is 11.1 Å². The Hall–Kier alpha value is -0.730. The quantitative estimate of drug-likeness (QED) is 0.648. The van der Waals surface area contributed by atoms with Gasteiger partial charge in [0.1, 0.15) is 0 Å². The first kappa shape index (κ1) is 7.38. The second-order valence-corrected chi connectivity index (χ2v) is 2.30. The van der Waals surface area contributed by atoms with Crippen molar-refractivity contribution in [3.8, 4) is 0 Å². The molecule has 1 aromatic carbocycles. The summed E-state index contributed by atoms with van der Waals surface area (Å²) in [5.41, 5.74) is 7.61. The van der Waals surface area contributed by atoms with E-state index in [1.54, 1.807) is 5.37 Å². The van der Waals surface area contributed by atoms with Gasteiger partial charge in [0.15, 0.2) is 0 Å². The van der Waals surface area contributed by atoms with Gasteiger partial charge in [-0.05, 0) is 11.1 Å². The summed E-state index contributed by atoms with van der Waals surface area (Å²) in [5.74, 6) is 0. The predicted octanol–water partition coefficient (Wildman–Crippen LogP) is 1.49. The Balaban J connectivity index is 2.90. The van der Waals surface area contributed by atoms with E-state index in [2.05, 4.69) is 0 Å². The fourth-order valence-electron chi connectivity index (χ4n) is 0.732. The van der Waals surface area contributed by atoms with E-state index in [0.29, 0.717) is 6.54 Å². The van der Waals surface area contributed by atoms with Crippen LogP contribution >= 0.6 is 12.2 Å². The number of thiocarbonyl (C=S) groups is 1. The van der Waals surface area contributed by atoms with Crippen LogP contribution < -0.4 is 5.73 Å². The summed E-state index contributed by atoms with van der Waals surface area (Å²) in [5, 5.41) is 1.65. The summed E-state index contributed by atoms with van der Waals surface area (Å²) < 4.78 is 0. The molecule has 0 heterocycles. The Bertz CT molecular complexity index is 215. The maximum absolute atomic E-state index is 5.41. The van der Waals surface area contributed by atoms with Gasteiger partial charge in [-0.1, -0.05) is 36.5 Å². The average molecular weight is 151 g/mol. The van der Waals surface area contributed by atoms with Crippen molar-refractivity contribution in [3.63, 3.8) is 0 Å². The van der Waals surface area contributed by atoms with Crippen molar-refractivity contribution in [1.82, 2.24) is 0 Å². The molecule has 2 N–H and O–H groups in total. The zero-order valence-corrected chi connectivity index (χ0v) is 6.40. The molecular weight excluding hydrogens is 142 g/mol. The van der Waals surface area contributed by atoms with Crippen LogP contribution in [-0.4, -0.2) is 5.37 Å². The molecule has 1 nitrogen and oxygen atoms in total. The fraction of sp³-hybridized carbons (Fsp3) is 0.125. The number of rotatable bonds is 2. The highest BCUT2D eigenvalue weighted by Crippen LogP contribution is 2.00. The Morgan fingerprint density at radius 3 is 2.30 bits per heavy atom. The molecule has 0 unspecified atom stereocenters. The summed E-state index contributed by atoms with van der Waals surface area (Å²) >= 11 is 4.74. The molecule has 0 bridgehead atoms. The highest BCUT2D eigenvalue weighted by atomic mass is 32.1. The predicted molar refractivity (Wildman–Crippen MR) is 47.1 cm³/mol. The van der Waals surface area contributed by atoms with Crippen molar-refractivity contribution in [2.24, 2.45) is 5.73 Å². The van der Waals surface area contributed by atoms with Crippen LogP contribution in [0.15, 0.2) is 24.3 Å². The monoisotopic (exact) mass is 151 g/mol. The van der Waals surface area contributed by atoms with E-state index in [1.165, 1.54) is 0 Å². The van der Waals surface area contributed by atoms with Crippen LogP contribution in [-0.2, 0) is 6.54 Å². The van der Waals surface area contributed by atoms with Gasteiger partial charge in [-0.3, -0.25) is 0 Å². The van der Waals surface area contributed by atoms with Crippen LogP contribution in [0.2, 0.25) is 0 Å². The summed E-state index contributed by atoms with van der Waals surface area (Å²) in [4.78, 5) is 0. The molecule has 0 aliphatic heterocycles. The average Bonchev–Trinajstić information content (AvgIpc) is 2.05. The molecule has 52 valence electrons. The van der Waals surface area contributed by atoms with E-state index in [-0.39, 0.29) is 0 Å². The van der Waals surface area contributed by atoms with Gasteiger partial charge in [0.25, 0.3) is 0 Å². The highest BCUT2D eigenvalue weighted by molar-refractivity contribution is 7.79. The van der Waals surface area contributed by atoms with Crippen LogP contribution in [0.5, 0.6) is 0 Å². The van der Waals surface area contributed by atoms with Crippen molar-refractivity contribution in [1.29, 1.82) is 0 Å².